The molecule has 0 aliphatic rings. The van der Waals surface area contributed by atoms with E-state index in [1.807, 2.05) is 18.2 Å². The van der Waals surface area contributed by atoms with Crippen LogP contribution >= 0.6 is 0 Å². The van der Waals surface area contributed by atoms with Crippen LogP contribution in [-0.2, 0) is 0 Å². The molecule has 9 aromatic carbocycles. The van der Waals surface area contributed by atoms with E-state index >= 15 is 0 Å². The molecule has 0 atom stereocenters. The molecule has 12 aromatic rings. The molecule has 0 aliphatic carbocycles. The van der Waals surface area contributed by atoms with Crippen molar-refractivity contribution in [2.24, 2.45) is 0 Å². The molecule has 290 valence electrons. The molecule has 3 aromatic heterocycles. The Kier molecular flexibility index (Phi) is 8.46. The summed E-state index contributed by atoms with van der Waals surface area (Å²) in [6.45, 7) is 0. The number of aromatic nitrogens is 4. The van der Waals surface area contributed by atoms with Gasteiger partial charge in [-0.05, 0) is 82.9 Å². The summed E-state index contributed by atoms with van der Waals surface area (Å²) in [7, 11) is 0. The van der Waals surface area contributed by atoms with E-state index in [1.165, 1.54) is 43.6 Å². The molecule has 0 bridgehead atoms. The Bertz CT molecular complexity index is 3600. The van der Waals surface area contributed by atoms with Gasteiger partial charge in [0.05, 0.1) is 33.5 Å². The number of hydrogen-bond acceptors (Lipinski definition) is 2. The van der Waals surface area contributed by atoms with Gasteiger partial charge in [-0.15, -0.1) is 0 Å². The van der Waals surface area contributed by atoms with Crippen molar-refractivity contribution in [2.45, 2.75) is 0 Å². The van der Waals surface area contributed by atoms with Crippen molar-refractivity contribution < 1.29 is 0 Å². The summed E-state index contributed by atoms with van der Waals surface area (Å²) in [5, 5.41) is 4.94. The Morgan fingerprint density at radius 2 is 0.742 bits per heavy atom. The molecule has 0 saturated heterocycles. The molecule has 0 amide bonds. The van der Waals surface area contributed by atoms with Crippen LogP contribution in [0.1, 0.15) is 0 Å². The molecular weight excluding hydrogens is 753 g/mol. The third kappa shape index (κ3) is 6.00. The summed E-state index contributed by atoms with van der Waals surface area (Å²) in [5.74, 6) is 0.698. The monoisotopic (exact) mass is 790 g/mol. The van der Waals surface area contributed by atoms with Gasteiger partial charge in [0.1, 0.15) is 0 Å². The zero-order chi connectivity index (χ0) is 41.0. The van der Waals surface area contributed by atoms with E-state index in [0.717, 1.165) is 61.7 Å². The lowest BCUT2D eigenvalue weighted by Gasteiger charge is -2.14. The predicted octanol–water partition coefficient (Wildman–Crippen LogP) is 15.0. The molecule has 0 radical (unpaired) electrons. The average Bonchev–Trinajstić information content (AvgIpc) is 3.86. The average molecular weight is 791 g/mol. The van der Waals surface area contributed by atoms with Crippen molar-refractivity contribution in [1.29, 1.82) is 0 Å². The van der Waals surface area contributed by atoms with Gasteiger partial charge in [0.15, 0.2) is 5.82 Å². The summed E-state index contributed by atoms with van der Waals surface area (Å²) < 4.78 is 4.81. The number of hydrogen-bond donors (Lipinski definition) is 0. The normalized spacial score (nSPS) is 11.5. The molecule has 12 rings (SSSR count). The Labute approximate surface area is 359 Å². The fraction of sp³-hybridized carbons (Fsp3) is 0. The van der Waals surface area contributed by atoms with Gasteiger partial charge >= 0.3 is 0 Å². The Morgan fingerprint density at radius 1 is 0.258 bits per heavy atom. The number of benzene rings is 9. The van der Waals surface area contributed by atoms with E-state index in [0.29, 0.717) is 5.82 Å². The van der Waals surface area contributed by atoms with E-state index < -0.39 is 0 Å². The van der Waals surface area contributed by atoms with Crippen molar-refractivity contribution in [1.82, 2.24) is 19.1 Å². The first-order chi connectivity index (χ1) is 30.7. The highest BCUT2D eigenvalue weighted by atomic mass is 15.0. The van der Waals surface area contributed by atoms with Crippen LogP contribution in [0, 0.1) is 0 Å². The zero-order valence-electron chi connectivity index (χ0n) is 33.7. The summed E-state index contributed by atoms with van der Waals surface area (Å²) in [6.07, 6.45) is 0. The Morgan fingerprint density at radius 3 is 1.39 bits per heavy atom. The maximum atomic E-state index is 5.19. The molecule has 3 heterocycles. The van der Waals surface area contributed by atoms with Gasteiger partial charge in [-0.3, -0.25) is 0 Å². The van der Waals surface area contributed by atoms with E-state index in [-0.39, 0.29) is 0 Å². The third-order valence-electron chi connectivity index (χ3n) is 12.1. The highest BCUT2D eigenvalue weighted by molar-refractivity contribution is 6.19. The molecule has 4 heteroatoms. The number of para-hydroxylation sites is 3. The number of nitrogens with zero attached hydrogens (tertiary/aromatic N) is 4. The molecule has 0 unspecified atom stereocenters. The smallest absolute Gasteiger partial charge is 0.160 e. The van der Waals surface area contributed by atoms with Crippen LogP contribution in [0.2, 0.25) is 0 Å². The highest BCUT2D eigenvalue weighted by Gasteiger charge is 2.19. The largest absolute Gasteiger partial charge is 0.309 e. The first-order valence-electron chi connectivity index (χ1n) is 21.1. The van der Waals surface area contributed by atoms with E-state index in [4.69, 9.17) is 9.97 Å². The summed E-state index contributed by atoms with van der Waals surface area (Å²) in [6, 6.07) is 82.1. The van der Waals surface area contributed by atoms with Gasteiger partial charge in [0, 0.05) is 49.6 Å². The van der Waals surface area contributed by atoms with Gasteiger partial charge < -0.3 is 9.13 Å². The lowest BCUT2D eigenvalue weighted by atomic mass is 9.96. The van der Waals surface area contributed by atoms with Crippen LogP contribution in [-0.4, -0.2) is 19.1 Å². The van der Waals surface area contributed by atoms with Gasteiger partial charge in [-0.25, -0.2) is 9.97 Å². The van der Waals surface area contributed by atoms with Gasteiger partial charge in [-0.1, -0.05) is 170 Å². The van der Waals surface area contributed by atoms with Crippen molar-refractivity contribution in [2.75, 3.05) is 0 Å². The van der Waals surface area contributed by atoms with Crippen LogP contribution in [0.25, 0.3) is 111 Å². The summed E-state index contributed by atoms with van der Waals surface area (Å²) in [5.41, 5.74) is 16.4. The van der Waals surface area contributed by atoms with Crippen LogP contribution < -0.4 is 0 Å². The molecule has 4 nitrogen and oxygen atoms in total. The Hall–Kier alpha value is -8.34. The minimum absolute atomic E-state index is 0.698. The third-order valence-corrected chi connectivity index (χ3v) is 12.1. The first kappa shape index (κ1) is 35.6. The summed E-state index contributed by atoms with van der Waals surface area (Å²) >= 11 is 0. The summed E-state index contributed by atoms with van der Waals surface area (Å²) in [4.78, 5) is 10.4. The molecule has 0 aliphatic heterocycles. The van der Waals surface area contributed by atoms with Gasteiger partial charge in [0.2, 0.25) is 0 Å². The number of rotatable bonds is 7. The molecular formula is C58H38N4. The molecule has 0 N–H and O–H groups in total. The van der Waals surface area contributed by atoms with Gasteiger partial charge in [-0.2, -0.15) is 0 Å². The van der Waals surface area contributed by atoms with Crippen molar-refractivity contribution in [3.05, 3.63) is 231 Å². The zero-order valence-corrected chi connectivity index (χ0v) is 33.7. The van der Waals surface area contributed by atoms with E-state index in [1.54, 1.807) is 0 Å². The van der Waals surface area contributed by atoms with E-state index in [9.17, 15) is 0 Å². The highest BCUT2D eigenvalue weighted by Crippen LogP contribution is 2.40. The SMILES string of the molecule is c1ccc(-c2nc(-c3cccc(-c4ccc(-n5c6ccccc6c6cc7c(cc65)c5ccccc5n7-c5ccccc5)cc4)c3)cc(-c3ccccc3-c3ccccc3)n2)cc1. The van der Waals surface area contributed by atoms with Crippen LogP contribution in [0.4, 0.5) is 0 Å². The topological polar surface area (TPSA) is 35.6 Å². The quantitative estimate of drug-likeness (QED) is 0.161. The maximum absolute atomic E-state index is 5.19. The van der Waals surface area contributed by atoms with Crippen LogP contribution in [0.15, 0.2) is 231 Å². The second-order valence-corrected chi connectivity index (χ2v) is 15.8. The fourth-order valence-electron chi connectivity index (χ4n) is 9.25. The molecule has 0 spiro atoms. The lowest BCUT2D eigenvalue weighted by Crippen LogP contribution is -1.97. The minimum Gasteiger partial charge on any atom is -0.309 e. The lowest BCUT2D eigenvalue weighted by molar-refractivity contribution is 1.17. The van der Waals surface area contributed by atoms with Crippen LogP contribution in [0.5, 0.6) is 0 Å². The van der Waals surface area contributed by atoms with Crippen molar-refractivity contribution in [3.63, 3.8) is 0 Å². The maximum Gasteiger partial charge on any atom is 0.160 e. The second-order valence-electron chi connectivity index (χ2n) is 15.8. The number of fused-ring (bicyclic) bond motifs is 6. The van der Waals surface area contributed by atoms with Crippen molar-refractivity contribution in [3.8, 4) is 67.5 Å². The minimum atomic E-state index is 0.698. The second kappa shape index (κ2) is 14.7. The van der Waals surface area contributed by atoms with Crippen molar-refractivity contribution >= 4 is 43.6 Å². The molecule has 0 fully saturated rings. The fourth-order valence-corrected chi connectivity index (χ4v) is 9.25. The van der Waals surface area contributed by atoms with Crippen LogP contribution in [0.3, 0.4) is 0 Å². The standard InChI is InChI=1S/C58H38N4/c1-4-17-40(18-5-1)46-25-10-11-26-47(46)53-38-52(59-58(60-53)41-19-6-2-7-20-41)43-22-16-21-42(35-43)39-31-33-45(34-32-39)62-55-30-15-13-28-49(55)51-36-56-50(37-57(51)62)48-27-12-14-29-54(48)61(56)44-23-8-3-9-24-44/h1-38H. The van der Waals surface area contributed by atoms with E-state index in [2.05, 4.69) is 221 Å². The first-order valence-corrected chi connectivity index (χ1v) is 21.1. The Balaban J connectivity index is 0.964. The predicted molar refractivity (Wildman–Crippen MR) is 258 cm³/mol. The molecule has 62 heavy (non-hydrogen) atoms. The van der Waals surface area contributed by atoms with Gasteiger partial charge in [0.25, 0.3) is 0 Å². The molecule has 0 saturated carbocycles.